The third-order valence-electron chi connectivity index (χ3n) is 3.77. The quantitative estimate of drug-likeness (QED) is 0.611. The third kappa shape index (κ3) is 4.53. The van der Waals surface area contributed by atoms with E-state index in [2.05, 4.69) is 10.1 Å². The van der Waals surface area contributed by atoms with Crippen LogP contribution < -0.4 is 15.2 Å². The summed E-state index contributed by atoms with van der Waals surface area (Å²) in [5, 5.41) is 5.45. The van der Waals surface area contributed by atoms with Gasteiger partial charge in [0.15, 0.2) is 11.5 Å². The molecule has 2 aromatic carbocycles. The van der Waals surface area contributed by atoms with Gasteiger partial charge >= 0.3 is 0 Å². The molecule has 0 spiro atoms. The number of rotatable bonds is 6. The summed E-state index contributed by atoms with van der Waals surface area (Å²) in [6, 6.07) is 10.8. The van der Waals surface area contributed by atoms with Crippen LogP contribution in [0.1, 0.15) is 16.8 Å². The third-order valence-corrected chi connectivity index (χ3v) is 4.36. The van der Waals surface area contributed by atoms with Crippen LogP contribution in [-0.2, 0) is 6.61 Å². The fourth-order valence-corrected chi connectivity index (χ4v) is 2.92. The fraction of sp³-hybridized carbons (Fsp3) is 0.158. The Morgan fingerprint density at radius 2 is 2.07 bits per heavy atom. The van der Waals surface area contributed by atoms with Gasteiger partial charge in [-0.2, -0.15) is 5.10 Å². The SMILES string of the molecule is COc1cccc(C=Nn2cc(C)nc2N)c1OCc1ccc(Cl)cc1Cl. The monoisotopic (exact) mass is 404 g/mol. The van der Waals surface area contributed by atoms with Gasteiger partial charge in [0.05, 0.1) is 25.2 Å². The number of imidazole rings is 1. The van der Waals surface area contributed by atoms with E-state index < -0.39 is 0 Å². The first-order valence-electron chi connectivity index (χ1n) is 8.07. The van der Waals surface area contributed by atoms with Crippen LogP contribution in [0.4, 0.5) is 5.95 Å². The van der Waals surface area contributed by atoms with Crippen molar-refractivity contribution in [3.8, 4) is 11.5 Å². The number of hydrogen-bond acceptors (Lipinski definition) is 5. The predicted octanol–water partition coefficient (Wildman–Crippen LogP) is 4.55. The van der Waals surface area contributed by atoms with E-state index in [0.717, 1.165) is 16.8 Å². The molecule has 0 aliphatic heterocycles. The molecule has 0 bridgehead atoms. The Hall–Kier alpha value is -2.70. The number of ether oxygens (including phenoxy) is 2. The number of nitrogens with two attached hydrogens (primary N) is 1. The van der Waals surface area contributed by atoms with E-state index in [9.17, 15) is 0 Å². The summed E-state index contributed by atoms with van der Waals surface area (Å²) in [7, 11) is 1.58. The van der Waals surface area contributed by atoms with Gasteiger partial charge in [-0.25, -0.2) is 9.66 Å². The standard InChI is InChI=1S/C19H18Cl2N4O2/c1-12-10-25(19(22)24-12)23-9-13-4-3-5-17(26-2)18(13)27-11-14-6-7-15(20)8-16(14)21/h3-10H,11H2,1-2H3,(H2,22,24). The maximum absolute atomic E-state index is 6.22. The normalized spacial score (nSPS) is 11.1. The van der Waals surface area contributed by atoms with E-state index in [1.807, 2.05) is 31.2 Å². The van der Waals surface area contributed by atoms with Gasteiger partial charge in [0.25, 0.3) is 0 Å². The van der Waals surface area contributed by atoms with Crippen LogP contribution in [0.15, 0.2) is 47.7 Å². The summed E-state index contributed by atoms with van der Waals surface area (Å²) < 4.78 is 12.9. The van der Waals surface area contributed by atoms with Crippen LogP contribution in [-0.4, -0.2) is 23.0 Å². The molecule has 0 saturated heterocycles. The first kappa shape index (κ1) is 19.1. The van der Waals surface area contributed by atoms with Gasteiger partial charge < -0.3 is 15.2 Å². The van der Waals surface area contributed by atoms with Gasteiger partial charge in [-0.15, -0.1) is 0 Å². The summed E-state index contributed by atoms with van der Waals surface area (Å²) in [6.45, 7) is 2.10. The Morgan fingerprint density at radius 1 is 1.26 bits per heavy atom. The van der Waals surface area contributed by atoms with E-state index >= 15 is 0 Å². The van der Waals surface area contributed by atoms with Crippen molar-refractivity contribution in [1.82, 2.24) is 9.66 Å². The van der Waals surface area contributed by atoms with Crippen molar-refractivity contribution in [1.29, 1.82) is 0 Å². The lowest BCUT2D eigenvalue weighted by molar-refractivity contribution is 0.284. The molecule has 3 rings (SSSR count). The highest BCUT2D eigenvalue weighted by Crippen LogP contribution is 2.32. The Bertz CT molecular complexity index is 986. The summed E-state index contributed by atoms with van der Waals surface area (Å²) in [4.78, 5) is 4.12. The van der Waals surface area contributed by atoms with E-state index in [0.29, 0.717) is 27.5 Å². The zero-order valence-corrected chi connectivity index (χ0v) is 16.3. The molecule has 140 valence electrons. The lowest BCUT2D eigenvalue weighted by Crippen LogP contribution is -2.02. The Labute approximate surface area is 167 Å². The van der Waals surface area contributed by atoms with Gasteiger partial charge in [-0.1, -0.05) is 35.3 Å². The minimum absolute atomic E-state index is 0.254. The molecule has 27 heavy (non-hydrogen) atoms. The first-order chi connectivity index (χ1) is 13.0. The molecule has 0 aliphatic carbocycles. The van der Waals surface area contributed by atoms with Gasteiger partial charge in [0.1, 0.15) is 6.61 Å². The van der Waals surface area contributed by atoms with E-state index in [4.69, 9.17) is 38.4 Å². The molecule has 3 aromatic rings. The van der Waals surface area contributed by atoms with Gasteiger partial charge in [-0.05, 0) is 31.2 Å². The van der Waals surface area contributed by atoms with Crippen LogP contribution in [0.2, 0.25) is 10.0 Å². The lowest BCUT2D eigenvalue weighted by atomic mass is 10.2. The zero-order valence-electron chi connectivity index (χ0n) is 14.8. The topological polar surface area (TPSA) is 74.7 Å². The molecule has 0 radical (unpaired) electrons. The van der Waals surface area contributed by atoms with E-state index in [1.54, 1.807) is 31.7 Å². The number of para-hydroxylation sites is 1. The molecule has 1 aromatic heterocycles. The molecule has 0 unspecified atom stereocenters. The molecule has 2 N–H and O–H groups in total. The predicted molar refractivity (Wildman–Crippen MR) is 108 cm³/mol. The number of aryl methyl sites for hydroxylation is 1. The zero-order chi connectivity index (χ0) is 19.4. The van der Waals surface area contributed by atoms with Crippen molar-refractivity contribution in [3.05, 3.63) is 69.5 Å². The van der Waals surface area contributed by atoms with Crippen LogP contribution in [0, 0.1) is 6.92 Å². The summed E-state index contributed by atoms with van der Waals surface area (Å²) >= 11 is 12.2. The molecule has 1 heterocycles. The number of nitrogen functional groups attached to an aromatic ring is 1. The minimum atomic E-state index is 0.254. The largest absolute Gasteiger partial charge is 0.493 e. The fourth-order valence-electron chi connectivity index (χ4n) is 2.46. The van der Waals surface area contributed by atoms with Crippen molar-refractivity contribution in [2.45, 2.75) is 13.5 Å². The number of nitrogens with zero attached hydrogens (tertiary/aromatic N) is 3. The van der Waals surface area contributed by atoms with E-state index in [-0.39, 0.29) is 6.61 Å². The van der Waals surface area contributed by atoms with Crippen LogP contribution in [0.25, 0.3) is 0 Å². The number of anilines is 1. The maximum atomic E-state index is 6.22. The highest BCUT2D eigenvalue weighted by Gasteiger charge is 2.11. The maximum Gasteiger partial charge on any atom is 0.221 e. The van der Waals surface area contributed by atoms with Crippen molar-refractivity contribution in [2.75, 3.05) is 12.8 Å². The molecule has 0 amide bonds. The number of methoxy groups -OCH3 is 1. The Morgan fingerprint density at radius 3 is 2.74 bits per heavy atom. The molecule has 0 fully saturated rings. The van der Waals surface area contributed by atoms with Crippen LogP contribution >= 0.6 is 23.2 Å². The molecule has 6 nitrogen and oxygen atoms in total. The molecule has 0 saturated carbocycles. The number of aromatic nitrogens is 2. The smallest absolute Gasteiger partial charge is 0.221 e. The highest BCUT2D eigenvalue weighted by molar-refractivity contribution is 6.35. The van der Waals surface area contributed by atoms with Gasteiger partial charge in [0.2, 0.25) is 5.95 Å². The van der Waals surface area contributed by atoms with Crippen molar-refractivity contribution >= 4 is 35.4 Å². The van der Waals surface area contributed by atoms with Crippen molar-refractivity contribution < 1.29 is 9.47 Å². The van der Waals surface area contributed by atoms with E-state index in [1.165, 1.54) is 4.68 Å². The molecule has 0 atom stereocenters. The molecule has 0 aliphatic rings. The number of hydrogen-bond donors (Lipinski definition) is 1. The Balaban J connectivity index is 1.88. The number of halogens is 2. The Kier molecular flexibility index (Phi) is 5.88. The van der Waals surface area contributed by atoms with Crippen LogP contribution in [0.3, 0.4) is 0 Å². The van der Waals surface area contributed by atoms with Gasteiger partial charge in [-0.3, -0.25) is 0 Å². The van der Waals surface area contributed by atoms with Gasteiger partial charge in [0, 0.05) is 21.2 Å². The summed E-state index contributed by atoms with van der Waals surface area (Å²) in [6.07, 6.45) is 3.37. The number of benzene rings is 2. The molecular formula is C19H18Cl2N4O2. The summed E-state index contributed by atoms with van der Waals surface area (Å²) in [5.74, 6) is 1.44. The molecular weight excluding hydrogens is 387 g/mol. The van der Waals surface area contributed by atoms with Crippen LogP contribution in [0.5, 0.6) is 11.5 Å². The van der Waals surface area contributed by atoms with Crippen molar-refractivity contribution in [3.63, 3.8) is 0 Å². The first-order valence-corrected chi connectivity index (χ1v) is 8.83. The summed E-state index contributed by atoms with van der Waals surface area (Å²) in [5.41, 5.74) is 8.14. The van der Waals surface area contributed by atoms with Crippen molar-refractivity contribution in [2.24, 2.45) is 5.10 Å². The average Bonchev–Trinajstić information content (AvgIpc) is 2.96. The second-order valence-corrected chi connectivity index (χ2v) is 6.58. The second kappa shape index (κ2) is 8.33. The minimum Gasteiger partial charge on any atom is -0.493 e. The lowest BCUT2D eigenvalue weighted by Gasteiger charge is -2.14. The second-order valence-electron chi connectivity index (χ2n) is 5.73. The highest BCUT2D eigenvalue weighted by atomic mass is 35.5. The average molecular weight is 405 g/mol. The molecule has 8 heteroatoms.